The molecule has 0 saturated carbocycles. The molecule has 0 radical (unpaired) electrons. The number of hydrogen-bond acceptors (Lipinski definition) is 3. The van der Waals surface area contributed by atoms with Gasteiger partial charge < -0.3 is 10.2 Å². The molecule has 1 rings (SSSR count). The van der Waals surface area contributed by atoms with Crippen molar-refractivity contribution in [1.82, 2.24) is 4.98 Å². The van der Waals surface area contributed by atoms with Gasteiger partial charge in [0.1, 0.15) is 5.76 Å². The molecule has 1 heterocycles. The number of nitrogens with two attached hydrogens (primary N) is 1. The zero-order chi connectivity index (χ0) is 7.72. The van der Waals surface area contributed by atoms with E-state index >= 15 is 0 Å². The van der Waals surface area contributed by atoms with Crippen LogP contribution in [0.25, 0.3) is 0 Å². The second-order valence-electron chi connectivity index (χ2n) is 2.48. The fourth-order valence-corrected chi connectivity index (χ4v) is 0.692. The van der Waals surface area contributed by atoms with Crippen molar-refractivity contribution in [1.29, 1.82) is 0 Å². The minimum Gasteiger partial charge on any atom is -0.444 e. The smallest absolute Gasteiger partial charge is 0.211 e. The Morgan fingerprint density at radius 1 is 1.50 bits per heavy atom. The van der Waals surface area contributed by atoms with Crippen molar-refractivity contribution in [3.05, 3.63) is 17.3 Å². The molecule has 10 heavy (non-hydrogen) atoms. The van der Waals surface area contributed by atoms with E-state index < -0.39 is 0 Å². The van der Waals surface area contributed by atoms with Crippen LogP contribution in [0.5, 0.6) is 0 Å². The fraction of sp³-hybridized carbons (Fsp3) is 0.571. The van der Waals surface area contributed by atoms with Gasteiger partial charge in [0.05, 0.1) is 11.7 Å². The van der Waals surface area contributed by atoms with Crippen LogP contribution in [0.3, 0.4) is 0 Å². The average Bonchev–Trinajstić information content (AvgIpc) is 2.13. The van der Waals surface area contributed by atoms with Gasteiger partial charge in [-0.05, 0) is 20.8 Å². The van der Waals surface area contributed by atoms with E-state index in [1.54, 1.807) is 0 Å². The predicted molar refractivity (Wildman–Crippen MR) is 38.6 cm³/mol. The third-order valence-corrected chi connectivity index (χ3v) is 1.43. The maximum Gasteiger partial charge on any atom is 0.211 e. The van der Waals surface area contributed by atoms with Crippen molar-refractivity contribution in [3.8, 4) is 0 Å². The maximum atomic E-state index is 5.54. The second kappa shape index (κ2) is 2.42. The topological polar surface area (TPSA) is 52.0 Å². The van der Waals surface area contributed by atoms with Gasteiger partial charge in [0.15, 0.2) is 0 Å². The summed E-state index contributed by atoms with van der Waals surface area (Å²) in [5, 5.41) is 0. The van der Waals surface area contributed by atoms with Crippen LogP contribution in [0.15, 0.2) is 4.42 Å². The van der Waals surface area contributed by atoms with E-state index in [0.717, 1.165) is 11.5 Å². The summed E-state index contributed by atoms with van der Waals surface area (Å²) in [7, 11) is 0. The van der Waals surface area contributed by atoms with Gasteiger partial charge in [-0.2, -0.15) is 0 Å². The Morgan fingerprint density at radius 3 is 2.30 bits per heavy atom. The van der Waals surface area contributed by atoms with Crippen molar-refractivity contribution in [2.24, 2.45) is 5.73 Å². The summed E-state index contributed by atoms with van der Waals surface area (Å²) >= 11 is 0. The molecule has 3 nitrogen and oxygen atoms in total. The molecule has 1 aromatic heterocycles. The van der Waals surface area contributed by atoms with Crippen LogP contribution in [0.1, 0.15) is 30.3 Å². The number of aromatic nitrogens is 1. The van der Waals surface area contributed by atoms with E-state index in [-0.39, 0.29) is 6.04 Å². The molecule has 0 aliphatic carbocycles. The van der Waals surface area contributed by atoms with Crippen molar-refractivity contribution < 1.29 is 4.42 Å². The monoisotopic (exact) mass is 140 g/mol. The summed E-state index contributed by atoms with van der Waals surface area (Å²) in [6.45, 7) is 5.64. The van der Waals surface area contributed by atoms with E-state index in [1.807, 2.05) is 20.8 Å². The first kappa shape index (κ1) is 7.28. The zero-order valence-electron chi connectivity index (χ0n) is 6.51. The van der Waals surface area contributed by atoms with Crippen LogP contribution < -0.4 is 5.73 Å². The highest BCUT2D eigenvalue weighted by Gasteiger charge is 2.08. The molecule has 0 fully saturated rings. The second-order valence-corrected chi connectivity index (χ2v) is 2.48. The third-order valence-electron chi connectivity index (χ3n) is 1.43. The lowest BCUT2D eigenvalue weighted by Gasteiger charge is -1.94. The molecule has 0 saturated heterocycles. The largest absolute Gasteiger partial charge is 0.444 e. The standard InChI is InChI=1S/C7H12N2O/c1-4(8)7-9-5(2)6(3)10-7/h4H,8H2,1-3H3/t4-/m0/s1. The van der Waals surface area contributed by atoms with Crippen LogP contribution in [0.4, 0.5) is 0 Å². The van der Waals surface area contributed by atoms with Crippen molar-refractivity contribution in [2.75, 3.05) is 0 Å². The third kappa shape index (κ3) is 1.19. The summed E-state index contributed by atoms with van der Waals surface area (Å²) in [6, 6.07) is -0.104. The van der Waals surface area contributed by atoms with E-state index in [0.29, 0.717) is 5.89 Å². The van der Waals surface area contributed by atoms with Crippen molar-refractivity contribution >= 4 is 0 Å². The van der Waals surface area contributed by atoms with Crippen LogP contribution in [0.2, 0.25) is 0 Å². The van der Waals surface area contributed by atoms with Gasteiger partial charge in [-0.25, -0.2) is 4.98 Å². The molecule has 0 bridgehead atoms. The molecule has 56 valence electrons. The van der Waals surface area contributed by atoms with E-state index in [9.17, 15) is 0 Å². The van der Waals surface area contributed by atoms with Crippen LogP contribution in [-0.2, 0) is 0 Å². The Labute approximate surface area is 60.2 Å². The van der Waals surface area contributed by atoms with E-state index in [4.69, 9.17) is 10.2 Å². The van der Waals surface area contributed by atoms with E-state index in [2.05, 4.69) is 4.98 Å². The maximum absolute atomic E-state index is 5.54. The summed E-state index contributed by atoms with van der Waals surface area (Å²) in [4.78, 5) is 4.12. The Kier molecular flexibility index (Phi) is 1.76. The zero-order valence-corrected chi connectivity index (χ0v) is 6.51. The van der Waals surface area contributed by atoms with Crippen LogP contribution in [-0.4, -0.2) is 4.98 Å². The Bertz CT molecular complexity index is 208. The van der Waals surface area contributed by atoms with Gasteiger partial charge in [-0.15, -0.1) is 0 Å². The molecule has 0 unspecified atom stereocenters. The molecular formula is C7H12N2O. The Balaban J connectivity index is 2.98. The molecule has 2 N–H and O–H groups in total. The van der Waals surface area contributed by atoms with Crippen LogP contribution in [0, 0.1) is 13.8 Å². The normalized spacial score (nSPS) is 13.6. The number of oxazole rings is 1. The number of aryl methyl sites for hydroxylation is 2. The SMILES string of the molecule is Cc1nc([C@H](C)N)oc1C. The minimum absolute atomic E-state index is 0.104. The molecule has 0 aliphatic rings. The van der Waals surface area contributed by atoms with E-state index in [1.165, 1.54) is 0 Å². The Hall–Kier alpha value is -0.830. The summed E-state index contributed by atoms with van der Waals surface area (Å²) in [5.41, 5.74) is 6.46. The van der Waals surface area contributed by atoms with Crippen molar-refractivity contribution in [2.45, 2.75) is 26.8 Å². The molecule has 3 heteroatoms. The first-order valence-corrected chi connectivity index (χ1v) is 3.30. The van der Waals surface area contributed by atoms with Gasteiger partial charge >= 0.3 is 0 Å². The van der Waals surface area contributed by atoms with Crippen LogP contribution >= 0.6 is 0 Å². The molecular weight excluding hydrogens is 128 g/mol. The lowest BCUT2D eigenvalue weighted by molar-refractivity contribution is 0.443. The quantitative estimate of drug-likeness (QED) is 0.639. The molecule has 0 spiro atoms. The number of rotatable bonds is 1. The van der Waals surface area contributed by atoms with Gasteiger partial charge in [0, 0.05) is 0 Å². The summed E-state index contributed by atoms with van der Waals surface area (Å²) in [6.07, 6.45) is 0. The van der Waals surface area contributed by atoms with Gasteiger partial charge in [0.25, 0.3) is 0 Å². The highest BCUT2D eigenvalue weighted by Crippen LogP contribution is 2.12. The Morgan fingerprint density at radius 2 is 2.10 bits per heavy atom. The molecule has 0 aromatic carbocycles. The molecule has 0 aliphatic heterocycles. The van der Waals surface area contributed by atoms with Gasteiger partial charge in [0.2, 0.25) is 5.89 Å². The highest BCUT2D eigenvalue weighted by molar-refractivity contribution is 5.06. The molecule has 1 aromatic rings. The average molecular weight is 140 g/mol. The predicted octanol–water partition coefficient (Wildman–Crippen LogP) is 1.31. The van der Waals surface area contributed by atoms with Gasteiger partial charge in [-0.3, -0.25) is 0 Å². The molecule has 1 atom stereocenters. The summed E-state index contributed by atoms with van der Waals surface area (Å²) in [5.74, 6) is 1.47. The number of hydrogen-bond donors (Lipinski definition) is 1. The minimum atomic E-state index is -0.104. The number of nitrogens with zero attached hydrogens (tertiary/aromatic N) is 1. The lowest BCUT2D eigenvalue weighted by Crippen LogP contribution is -2.04. The first-order chi connectivity index (χ1) is 4.61. The fourth-order valence-electron chi connectivity index (χ4n) is 0.692. The highest BCUT2D eigenvalue weighted by atomic mass is 16.4. The molecule has 0 amide bonds. The van der Waals surface area contributed by atoms with Crippen molar-refractivity contribution in [3.63, 3.8) is 0 Å². The van der Waals surface area contributed by atoms with Gasteiger partial charge in [-0.1, -0.05) is 0 Å². The summed E-state index contributed by atoms with van der Waals surface area (Å²) < 4.78 is 5.24. The lowest BCUT2D eigenvalue weighted by atomic mass is 10.4. The first-order valence-electron chi connectivity index (χ1n) is 3.30.